The summed E-state index contributed by atoms with van der Waals surface area (Å²) in [6.45, 7) is 7.65. The van der Waals surface area contributed by atoms with Crippen LogP contribution in [0, 0.1) is 5.92 Å². The van der Waals surface area contributed by atoms with Crippen LogP contribution in [0.5, 0.6) is 0 Å². The first-order chi connectivity index (χ1) is 5.83. The first-order valence-electron chi connectivity index (χ1n) is 5.15. The molecular formula is C10H21NO. The second kappa shape index (κ2) is 5.55. The van der Waals surface area contributed by atoms with Gasteiger partial charge in [-0.15, -0.1) is 0 Å². The Balaban J connectivity index is 1.93. The lowest BCUT2D eigenvalue weighted by Crippen LogP contribution is -2.23. The van der Waals surface area contributed by atoms with E-state index in [0.29, 0.717) is 6.10 Å². The van der Waals surface area contributed by atoms with Gasteiger partial charge < -0.3 is 10.1 Å². The normalized spacial score (nSPS) is 29.5. The van der Waals surface area contributed by atoms with Gasteiger partial charge in [-0.3, -0.25) is 0 Å². The second-order valence-corrected chi connectivity index (χ2v) is 3.80. The molecule has 1 rings (SSSR count). The minimum atomic E-state index is 0.489. The zero-order chi connectivity index (χ0) is 8.81. The van der Waals surface area contributed by atoms with E-state index < -0.39 is 0 Å². The Kier molecular flexibility index (Phi) is 4.62. The molecule has 0 amide bonds. The maximum Gasteiger partial charge on any atom is 0.0551 e. The van der Waals surface area contributed by atoms with Crippen molar-refractivity contribution >= 4 is 0 Å². The molecule has 0 spiro atoms. The smallest absolute Gasteiger partial charge is 0.0551 e. The SMILES string of the molecule is CCCCNCC1COC(C)C1. The van der Waals surface area contributed by atoms with E-state index in [1.807, 2.05) is 0 Å². The first-order valence-corrected chi connectivity index (χ1v) is 5.15. The molecule has 72 valence electrons. The lowest BCUT2D eigenvalue weighted by molar-refractivity contribution is 0.120. The Bertz CT molecular complexity index is 116. The van der Waals surface area contributed by atoms with Crippen molar-refractivity contribution < 1.29 is 4.74 Å². The summed E-state index contributed by atoms with van der Waals surface area (Å²) in [7, 11) is 0. The van der Waals surface area contributed by atoms with Crippen LogP contribution in [0.2, 0.25) is 0 Å². The molecule has 12 heavy (non-hydrogen) atoms. The third kappa shape index (κ3) is 3.55. The van der Waals surface area contributed by atoms with Crippen LogP contribution < -0.4 is 5.32 Å². The molecule has 1 aliphatic rings. The predicted octanol–water partition coefficient (Wildman–Crippen LogP) is 1.80. The molecule has 1 saturated heterocycles. The van der Waals surface area contributed by atoms with Crippen molar-refractivity contribution in [2.24, 2.45) is 5.92 Å². The molecule has 1 N–H and O–H groups in total. The molecule has 2 atom stereocenters. The molecule has 1 heterocycles. The monoisotopic (exact) mass is 171 g/mol. The van der Waals surface area contributed by atoms with E-state index in [0.717, 1.165) is 19.1 Å². The van der Waals surface area contributed by atoms with Crippen LogP contribution in [-0.4, -0.2) is 25.8 Å². The van der Waals surface area contributed by atoms with Crippen molar-refractivity contribution in [3.63, 3.8) is 0 Å². The van der Waals surface area contributed by atoms with E-state index in [1.165, 1.54) is 25.8 Å². The molecule has 0 radical (unpaired) electrons. The summed E-state index contributed by atoms with van der Waals surface area (Å²) in [4.78, 5) is 0. The number of rotatable bonds is 5. The van der Waals surface area contributed by atoms with Gasteiger partial charge in [0.1, 0.15) is 0 Å². The van der Waals surface area contributed by atoms with Crippen molar-refractivity contribution in [2.75, 3.05) is 19.7 Å². The van der Waals surface area contributed by atoms with Gasteiger partial charge in [-0.2, -0.15) is 0 Å². The molecule has 1 aliphatic heterocycles. The van der Waals surface area contributed by atoms with Crippen LogP contribution in [0.3, 0.4) is 0 Å². The van der Waals surface area contributed by atoms with E-state index in [1.54, 1.807) is 0 Å². The first kappa shape index (κ1) is 10.0. The number of hydrogen-bond acceptors (Lipinski definition) is 2. The number of nitrogens with one attached hydrogen (secondary N) is 1. The molecule has 2 unspecified atom stereocenters. The van der Waals surface area contributed by atoms with Crippen molar-refractivity contribution in [3.05, 3.63) is 0 Å². The average molecular weight is 171 g/mol. The van der Waals surface area contributed by atoms with Crippen molar-refractivity contribution in [2.45, 2.75) is 39.2 Å². The lowest BCUT2D eigenvalue weighted by atomic mass is 10.1. The van der Waals surface area contributed by atoms with Crippen LogP contribution in [0.25, 0.3) is 0 Å². The van der Waals surface area contributed by atoms with Gasteiger partial charge in [0.2, 0.25) is 0 Å². The predicted molar refractivity (Wildman–Crippen MR) is 51.3 cm³/mol. The topological polar surface area (TPSA) is 21.3 Å². The fraction of sp³-hybridized carbons (Fsp3) is 1.00. The summed E-state index contributed by atoms with van der Waals surface area (Å²) in [6.07, 6.45) is 4.30. The average Bonchev–Trinajstić information content (AvgIpc) is 2.45. The Morgan fingerprint density at radius 3 is 2.92 bits per heavy atom. The Hall–Kier alpha value is -0.0800. The number of unbranched alkanes of at least 4 members (excludes halogenated alkanes) is 1. The third-order valence-electron chi connectivity index (χ3n) is 2.42. The summed E-state index contributed by atoms with van der Waals surface area (Å²) in [5, 5.41) is 3.47. The standard InChI is InChI=1S/C10H21NO/c1-3-4-5-11-7-10-6-9(2)12-8-10/h9-11H,3-8H2,1-2H3. The van der Waals surface area contributed by atoms with E-state index in [4.69, 9.17) is 4.74 Å². The maximum atomic E-state index is 5.48. The Morgan fingerprint density at radius 2 is 2.33 bits per heavy atom. The van der Waals surface area contributed by atoms with Crippen molar-refractivity contribution in [3.8, 4) is 0 Å². The minimum absolute atomic E-state index is 0.489. The maximum absolute atomic E-state index is 5.48. The second-order valence-electron chi connectivity index (χ2n) is 3.80. The minimum Gasteiger partial charge on any atom is -0.378 e. The highest BCUT2D eigenvalue weighted by Crippen LogP contribution is 2.17. The van der Waals surface area contributed by atoms with Gasteiger partial charge in [-0.25, -0.2) is 0 Å². The number of hydrogen-bond donors (Lipinski definition) is 1. The molecule has 1 fully saturated rings. The summed E-state index contributed by atoms with van der Waals surface area (Å²) in [5.74, 6) is 0.761. The molecule has 2 nitrogen and oxygen atoms in total. The van der Waals surface area contributed by atoms with E-state index in [9.17, 15) is 0 Å². The molecule has 0 aromatic rings. The summed E-state index contributed by atoms with van der Waals surface area (Å²) < 4.78 is 5.48. The van der Waals surface area contributed by atoms with Gasteiger partial charge in [0.15, 0.2) is 0 Å². The fourth-order valence-electron chi connectivity index (χ4n) is 1.66. The van der Waals surface area contributed by atoms with Gasteiger partial charge in [-0.1, -0.05) is 13.3 Å². The number of ether oxygens (including phenoxy) is 1. The summed E-state index contributed by atoms with van der Waals surface area (Å²) in [5.41, 5.74) is 0. The summed E-state index contributed by atoms with van der Waals surface area (Å²) >= 11 is 0. The van der Waals surface area contributed by atoms with Gasteiger partial charge in [0, 0.05) is 6.54 Å². The van der Waals surface area contributed by atoms with E-state index in [2.05, 4.69) is 19.2 Å². The zero-order valence-corrected chi connectivity index (χ0v) is 8.31. The van der Waals surface area contributed by atoms with Crippen molar-refractivity contribution in [1.82, 2.24) is 5.32 Å². The highest BCUT2D eigenvalue weighted by atomic mass is 16.5. The van der Waals surface area contributed by atoms with Crippen LogP contribution >= 0.6 is 0 Å². The van der Waals surface area contributed by atoms with Gasteiger partial charge >= 0.3 is 0 Å². The molecule has 0 saturated carbocycles. The lowest BCUT2D eigenvalue weighted by Gasteiger charge is -2.08. The molecule has 0 bridgehead atoms. The van der Waals surface area contributed by atoms with Gasteiger partial charge in [0.05, 0.1) is 12.7 Å². The fourth-order valence-corrected chi connectivity index (χ4v) is 1.66. The zero-order valence-electron chi connectivity index (χ0n) is 8.31. The molecule has 0 aromatic heterocycles. The summed E-state index contributed by atoms with van der Waals surface area (Å²) in [6, 6.07) is 0. The van der Waals surface area contributed by atoms with Gasteiger partial charge in [-0.05, 0) is 32.2 Å². The quantitative estimate of drug-likeness (QED) is 0.637. The van der Waals surface area contributed by atoms with E-state index >= 15 is 0 Å². The molecule has 2 heteroatoms. The largest absolute Gasteiger partial charge is 0.378 e. The Labute approximate surface area is 75.7 Å². The van der Waals surface area contributed by atoms with E-state index in [-0.39, 0.29) is 0 Å². The molecule has 0 aliphatic carbocycles. The van der Waals surface area contributed by atoms with Crippen molar-refractivity contribution in [1.29, 1.82) is 0 Å². The van der Waals surface area contributed by atoms with Gasteiger partial charge in [0.25, 0.3) is 0 Å². The van der Waals surface area contributed by atoms with Crippen LogP contribution in [-0.2, 0) is 4.74 Å². The highest BCUT2D eigenvalue weighted by molar-refractivity contribution is 4.71. The Morgan fingerprint density at radius 1 is 1.50 bits per heavy atom. The highest BCUT2D eigenvalue weighted by Gasteiger charge is 2.20. The van der Waals surface area contributed by atoms with Crippen LogP contribution in [0.15, 0.2) is 0 Å². The third-order valence-corrected chi connectivity index (χ3v) is 2.42. The molecule has 0 aromatic carbocycles. The van der Waals surface area contributed by atoms with Crippen LogP contribution in [0.1, 0.15) is 33.1 Å². The molecular weight excluding hydrogens is 150 g/mol. The van der Waals surface area contributed by atoms with Crippen LogP contribution in [0.4, 0.5) is 0 Å².